The molecule has 1 saturated heterocycles. The van der Waals surface area contributed by atoms with Crippen molar-refractivity contribution in [1.82, 2.24) is 15.4 Å². The van der Waals surface area contributed by atoms with Gasteiger partial charge in [0.15, 0.2) is 5.96 Å². The van der Waals surface area contributed by atoms with Gasteiger partial charge in [-0.05, 0) is 32.6 Å². The van der Waals surface area contributed by atoms with Crippen molar-refractivity contribution in [1.29, 1.82) is 0 Å². The number of unbranched alkanes of at least 4 members (excludes halogenated alkanes) is 2. The molecule has 0 saturated carbocycles. The summed E-state index contributed by atoms with van der Waals surface area (Å²) in [5, 5.41) is 6.21. The second-order valence-corrected chi connectivity index (χ2v) is 7.98. The number of nitrogens with zero attached hydrogens (tertiary/aromatic N) is 1. The third-order valence-corrected chi connectivity index (χ3v) is 5.19. The minimum Gasteiger partial charge on any atom is -0.377 e. The van der Waals surface area contributed by atoms with E-state index >= 15 is 0 Å². The summed E-state index contributed by atoms with van der Waals surface area (Å²) in [5.74, 6) is 0.707. The normalized spacial score (nSPS) is 18.5. The zero-order valence-electron chi connectivity index (χ0n) is 15.6. The van der Waals surface area contributed by atoms with E-state index in [0.29, 0.717) is 19.0 Å². The number of rotatable bonds is 11. The van der Waals surface area contributed by atoms with Gasteiger partial charge in [-0.2, -0.15) is 0 Å². The molecule has 0 aromatic heterocycles. The van der Waals surface area contributed by atoms with E-state index in [4.69, 9.17) is 4.74 Å². The number of halogens is 1. The molecule has 1 unspecified atom stereocenters. The van der Waals surface area contributed by atoms with Crippen molar-refractivity contribution in [2.75, 3.05) is 38.5 Å². The monoisotopic (exact) mass is 490 g/mol. The van der Waals surface area contributed by atoms with Crippen LogP contribution < -0.4 is 15.4 Å². The van der Waals surface area contributed by atoms with Crippen LogP contribution in [0.3, 0.4) is 0 Å². The highest BCUT2D eigenvalue weighted by Gasteiger charge is 2.17. The van der Waals surface area contributed by atoms with Crippen LogP contribution in [-0.4, -0.2) is 59.0 Å². The van der Waals surface area contributed by atoms with Gasteiger partial charge < -0.3 is 15.4 Å². The Bertz CT molecular complexity index is 454. The van der Waals surface area contributed by atoms with E-state index in [-0.39, 0.29) is 35.8 Å². The van der Waals surface area contributed by atoms with Crippen LogP contribution in [0.5, 0.6) is 0 Å². The molecular weight excluding hydrogens is 455 g/mol. The molecule has 0 aromatic carbocycles. The Kier molecular flexibility index (Phi) is 14.9. The van der Waals surface area contributed by atoms with Gasteiger partial charge in [0.05, 0.1) is 11.9 Å². The molecule has 0 spiro atoms. The fraction of sp³-hybridized carbons (Fsp3) is 0.938. The molecule has 150 valence electrons. The lowest BCUT2D eigenvalue weighted by Gasteiger charge is -2.22. The van der Waals surface area contributed by atoms with E-state index in [1.807, 2.05) is 6.92 Å². The quantitative estimate of drug-likeness (QED) is 0.178. The summed E-state index contributed by atoms with van der Waals surface area (Å²) in [6, 6.07) is 0. The highest BCUT2D eigenvalue weighted by Crippen LogP contribution is 2.11. The zero-order chi connectivity index (χ0) is 17.7. The molecule has 0 aromatic rings. The molecule has 25 heavy (non-hydrogen) atoms. The van der Waals surface area contributed by atoms with Gasteiger partial charge in [-0.1, -0.05) is 19.8 Å². The van der Waals surface area contributed by atoms with Gasteiger partial charge in [-0.15, -0.1) is 24.0 Å². The first-order chi connectivity index (χ1) is 11.6. The topological polar surface area (TPSA) is 91.8 Å². The van der Waals surface area contributed by atoms with Crippen LogP contribution in [0.15, 0.2) is 4.99 Å². The molecule has 1 aliphatic rings. The number of aliphatic imine (C=N–C) groups is 1. The van der Waals surface area contributed by atoms with Gasteiger partial charge in [-0.3, -0.25) is 4.99 Å². The van der Waals surface area contributed by atoms with Crippen LogP contribution in [0.1, 0.15) is 52.4 Å². The van der Waals surface area contributed by atoms with Crippen LogP contribution in [0.2, 0.25) is 0 Å². The summed E-state index contributed by atoms with van der Waals surface area (Å²) in [4.78, 5) is 4.45. The van der Waals surface area contributed by atoms with E-state index in [9.17, 15) is 8.42 Å². The SMILES string of the molecule is CCCCCN=C(NCC)NCCS(=O)(=O)NCC1CCCCO1.I. The predicted molar refractivity (Wildman–Crippen MR) is 114 cm³/mol. The second-order valence-electron chi connectivity index (χ2n) is 6.05. The number of hydrogen-bond donors (Lipinski definition) is 3. The summed E-state index contributed by atoms with van der Waals surface area (Å²) in [5.41, 5.74) is 0. The molecule has 1 heterocycles. The third-order valence-electron chi connectivity index (χ3n) is 3.84. The molecule has 9 heteroatoms. The Morgan fingerprint density at radius 2 is 2.00 bits per heavy atom. The van der Waals surface area contributed by atoms with E-state index in [0.717, 1.165) is 58.2 Å². The Labute approximate surface area is 170 Å². The number of sulfonamides is 1. The van der Waals surface area contributed by atoms with Crippen molar-refractivity contribution >= 4 is 40.0 Å². The molecule has 1 fully saturated rings. The van der Waals surface area contributed by atoms with Crippen molar-refractivity contribution < 1.29 is 13.2 Å². The van der Waals surface area contributed by atoms with E-state index in [1.165, 1.54) is 0 Å². The van der Waals surface area contributed by atoms with Crippen LogP contribution >= 0.6 is 24.0 Å². The molecule has 1 atom stereocenters. The number of hydrogen-bond acceptors (Lipinski definition) is 4. The molecular formula is C16H35IN4O3S. The second kappa shape index (κ2) is 15.0. The molecule has 1 aliphatic heterocycles. The molecule has 3 N–H and O–H groups in total. The average molecular weight is 490 g/mol. The first-order valence-corrected chi connectivity index (χ1v) is 10.8. The maximum atomic E-state index is 12.0. The lowest BCUT2D eigenvalue weighted by atomic mass is 10.1. The van der Waals surface area contributed by atoms with Gasteiger partial charge in [-0.25, -0.2) is 13.1 Å². The third kappa shape index (κ3) is 12.8. The van der Waals surface area contributed by atoms with Crippen LogP contribution in [0.25, 0.3) is 0 Å². The van der Waals surface area contributed by atoms with E-state index in [1.54, 1.807) is 0 Å². The Morgan fingerprint density at radius 1 is 1.20 bits per heavy atom. The number of guanidine groups is 1. The van der Waals surface area contributed by atoms with Gasteiger partial charge in [0.25, 0.3) is 0 Å². The smallest absolute Gasteiger partial charge is 0.213 e. The molecule has 7 nitrogen and oxygen atoms in total. The first kappa shape index (κ1) is 24.9. The van der Waals surface area contributed by atoms with E-state index in [2.05, 4.69) is 27.3 Å². The fourth-order valence-electron chi connectivity index (χ4n) is 2.46. The maximum absolute atomic E-state index is 12.0. The van der Waals surface area contributed by atoms with Crippen LogP contribution in [0, 0.1) is 0 Å². The van der Waals surface area contributed by atoms with Gasteiger partial charge >= 0.3 is 0 Å². The van der Waals surface area contributed by atoms with Crippen molar-refractivity contribution in [2.24, 2.45) is 4.99 Å². The highest BCUT2D eigenvalue weighted by molar-refractivity contribution is 14.0. The molecule has 1 rings (SSSR count). The van der Waals surface area contributed by atoms with Gasteiger partial charge in [0.2, 0.25) is 10.0 Å². The van der Waals surface area contributed by atoms with Gasteiger partial charge in [0.1, 0.15) is 0 Å². The lowest BCUT2D eigenvalue weighted by Crippen LogP contribution is -2.42. The first-order valence-electron chi connectivity index (χ1n) is 9.18. The van der Waals surface area contributed by atoms with Crippen molar-refractivity contribution in [3.05, 3.63) is 0 Å². The van der Waals surface area contributed by atoms with Crippen LogP contribution in [-0.2, 0) is 14.8 Å². The Balaban J connectivity index is 0.00000576. The predicted octanol–water partition coefficient (Wildman–Crippen LogP) is 1.84. The molecule has 0 radical (unpaired) electrons. The average Bonchev–Trinajstić information content (AvgIpc) is 2.58. The summed E-state index contributed by atoms with van der Waals surface area (Å²) >= 11 is 0. The maximum Gasteiger partial charge on any atom is 0.213 e. The largest absolute Gasteiger partial charge is 0.377 e. The van der Waals surface area contributed by atoms with Crippen molar-refractivity contribution in [2.45, 2.75) is 58.5 Å². The number of ether oxygens (including phenoxy) is 1. The van der Waals surface area contributed by atoms with Crippen LogP contribution in [0.4, 0.5) is 0 Å². The minimum absolute atomic E-state index is 0. The zero-order valence-corrected chi connectivity index (χ0v) is 18.7. The fourth-order valence-corrected chi connectivity index (χ4v) is 3.41. The minimum atomic E-state index is -3.30. The summed E-state index contributed by atoms with van der Waals surface area (Å²) < 4.78 is 32.3. The lowest BCUT2D eigenvalue weighted by molar-refractivity contribution is 0.0200. The summed E-state index contributed by atoms with van der Waals surface area (Å²) in [6.45, 7) is 7.09. The number of nitrogens with one attached hydrogen (secondary N) is 3. The highest BCUT2D eigenvalue weighted by atomic mass is 127. The van der Waals surface area contributed by atoms with Gasteiger partial charge in [0, 0.05) is 32.8 Å². The standard InChI is InChI=1S/C16H34N4O3S.HI/c1-3-5-7-10-18-16(17-4-2)19-11-13-24(21,22)20-14-15-9-6-8-12-23-15;/h15,20H,3-14H2,1-2H3,(H2,17,18,19);1H. The van der Waals surface area contributed by atoms with E-state index < -0.39 is 10.0 Å². The van der Waals surface area contributed by atoms with Crippen molar-refractivity contribution in [3.63, 3.8) is 0 Å². The molecule has 0 bridgehead atoms. The summed E-state index contributed by atoms with van der Waals surface area (Å²) in [7, 11) is -3.30. The Hall–Kier alpha value is -0.130. The Morgan fingerprint density at radius 3 is 2.64 bits per heavy atom. The van der Waals surface area contributed by atoms with Crippen molar-refractivity contribution in [3.8, 4) is 0 Å². The molecule has 0 amide bonds. The summed E-state index contributed by atoms with van der Waals surface area (Å²) in [6.07, 6.45) is 6.48. The molecule has 0 aliphatic carbocycles.